The Morgan fingerprint density at radius 3 is 2.79 bits per heavy atom. The summed E-state index contributed by atoms with van der Waals surface area (Å²) in [5.41, 5.74) is 0.0425. The molecule has 2 rings (SSSR count). The Kier molecular flexibility index (Phi) is 6.53. The molecule has 0 spiro atoms. The van der Waals surface area contributed by atoms with Crippen LogP contribution in [0.2, 0.25) is 0 Å². The molecule has 2 aliphatic rings. The van der Waals surface area contributed by atoms with Gasteiger partial charge in [-0.3, -0.25) is 0 Å². The Morgan fingerprint density at radius 1 is 1.42 bits per heavy atom. The van der Waals surface area contributed by atoms with Crippen LogP contribution in [-0.2, 0) is 14.8 Å². The monoisotopic (exact) mass is 312 g/mol. The van der Waals surface area contributed by atoms with Crippen LogP contribution in [0.3, 0.4) is 0 Å². The molecule has 0 aromatic carbocycles. The van der Waals surface area contributed by atoms with Gasteiger partial charge in [-0.25, -0.2) is 13.1 Å². The lowest BCUT2D eigenvalue weighted by Crippen LogP contribution is -2.48. The molecule has 2 heterocycles. The highest BCUT2D eigenvalue weighted by Crippen LogP contribution is 2.25. The second-order valence-corrected chi connectivity index (χ2v) is 7.84. The highest BCUT2D eigenvalue weighted by molar-refractivity contribution is 7.90. The zero-order valence-electron chi connectivity index (χ0n) is 11.5. The molecule has 0 bridgehead atoms. The van der Waals surface area contributed by atoms with Crippen molar-refractivity contribution in [1.29, 1.82) is 0 Å². The zero-order valence-corrected chi connectivity index (χ0v) is 13.1. The van der Waals surface area contributed by atoms with Crippen molar-refractivity contribution in [3.05, 3.63) is 0 Å². The fraction of sp³-hybridized carbons (Fsp3) is 1.00. The minimum Gasteiger partial charge on any atom is -0.380 e. The zero-order chi connectivity index (χ0) is 13.1. The molecule has 2 aliphatic heterocycles. The number of ether oxygens (including phenoxy) is 1. The summed E-state index contributed by atoms with van der Waals surface area (Å²) in [7, 11) is -3.22. The number of rotatable bonds is 4. The lowest BCUT2D eigenvalue weighted by molar-refractivity contribution is 0.0986. The average molecular weight is 313 g/mol. The van der Waals surface area contributed by atoms with Gasteiger partial charge in [0.2, 0.25) is 10.0 Å². The molecule has 2 atom stereocenters. The van der Waals surface area contributed by atoms with E-state index in [1.807, 2.05) is 0 Å². The Labute approximate surface area is 122 Å². The number of hydrogen-bond donors (Lipinski definition) is 2. The molecular weight excluding hydrogens is 288 g/mol. The second-order valence-electron chi connectivity index (χ2n) is 5.80. The van der Waals surface area contributed by atoms with Crippen LogP contribution in [0, 0.1) is 5.41 Å². The van der Waals surface area contributed by atoms with Crippen LogP contribution in [0.25, 0.3) is 0 Å². The van der Waals surface area contributed by atoms with Crippen molar-refractivity contribution in [2.45, 2.75) is 37.9 Å². The van der Waals surface area contributed by atoms with E-state index in [2.05, 4.69) is 17.0 Å². The van der Waals surface area contributed by atoms with Gasteiger partial charge in [0.25, 0.3) is 0 Å². The van der Waals surface area contributed by atoms with Gasteiger partial charge in [-0.15, -0.1) is 12.4 Å². The maximum atomic E-state index is 12.2. The van der Waals surface area contributed by atoms with E-state index in [4.69, 9.17) is 4.74 Å². The second kappa shape index (κ2) is 7.22. The SMILES string of the molecule is CC1(CNS(=O)(=O)C2CCCOC2)CCCNC1.Cl. The molecule has 0 radical (unpaired) electrons. The summed E-state index contributed by atoms with van der Waals surface area (Å²) in [5, 5.41) is 2.96. The highest BCUT2D eigenvalue weighted by atomic mass is 35.5. The van der Waals surface area contributed by atoms with Gasteiger partial charge in [0.05, 0.1) is 11.9 Å². The number of sulfonamides is 1. The van der Waals surface area contributed by atoms with Gasteiger partial charge < -0.3 is 10.1 Å². The third-order valence-corrected chi connectivity index (χ3v) is 5.74. The van der Waals surface area contributed by atoms with Crippen molar-refractivity contribution in [1.82, 2.24) is 10.0 Å². The first kappa shape index (κ1) is 17.2. The molecule has 2 unspecified atom stereocenters. The van der Waals surface area contributed by atoms with Crippen LogP contribution >= 0.6 is 12.4 Å². The van der Waals surface area contributed by atoms with Crippen LogP contribution < -0.4 is 10.0 Å². The molecule has 2 N–H and O–H groups in total. The Bertz CT molecular complexity index is 363. The molecule has 0 aromatic heterocycles. The van der Waals surface area contributed by atoms with E-state index in [1.165, 1.54) is 0 Å². The van der Waals surface area contributed by atoms with Crippen molar-refractivity contribution in [2.75, 3.05) is 32.8 Å². The third kappa shape index (κ3) is 4.86. The van der Waals surface area contributed by atoms with Crippen molar-refractivity contribution in [3.63, 3.8) is 0 Å². The number of piperidine rings is 1. The molecule has 0 amide bonds. The van der Waals surface area contributed by atoms with Crippen molar-refractivity contribution in [2.24, 2.45) is 5.41 Å². The molecule has 114 valence electrons. The quantitative estimate of drug-likeness (QED) is 0.809. The fourth-order valence-electron chi connectivity index (χ4n) is 2.62. The summed E-state index contributed by atoms with van der Waals surface area (Å²) >= 11 is 0. The summed E-state index contributed by atoms with van der Waals surface area (Å²) in [6.07, 6.45) is 3.74. The summed E-state index contributed by atoms with van der Waals surface area (Å²) in [4.78, 5) is 0. The molecule has 19 heavy (non-hydrogen) atoms. The predicted molar refractivity (Wildman–Crippen MR) is 78.2 cm³/mol. The minimum absolute atomic E-state index is 0. The van der Waals surface area contributed by atoms with E-state index >= 15 is 0 Å². The van der Waals surface area contributed by atoms with Crippen LogP contribution in [0.4, 0.5) is 0 Å². The number of halogens is 1. The molecular formula is C12H25ClN2O3S. The molecule has 0 aromatic rings. The van der Waals surface area contributed by atoms with Crippen molar-refractivity contribution >= 4 is 22.4 Å². The number of hydrogen-bond acceptors (Lipinski definition) is 4. The Morgan fingerprint density at radius 2 is 2.21 bits per heavy atom. The van der Waals surface area contributed by atoms with Crippen LogP contribution in [-0.4, -0.2) is 46.5 Å². The summed E-state index contributed by atoms with van der Waals surface area (Å²) in [6.45, 7) is 5.62. The maximum absolute atomic E-state index is 12.2. The van der Waals surface area contributed by atoms with E-state index in [9.17, 15) is 8.42 Å². The van der Waals surface area contributed by atoms with Gasteiger partial charge >= 0.3 is 0 Å². The first-order chi connectivity index (χ1) is 8.52. The van der Waals surface area contributed by atoms with Gasteiger partial charge in [-0.05, 0) is 37.6 Å². The lowest BCUT2D eigenvalue weighted by Gasteiger charge is -2.34. The Balaban J connectivity index is 0.00000180. The lowest BCUT2D eigenvalue weighted by atomic mass is 9.83. The first-order valence-electron chi connectivity index (χ1n) is 6.79. The summed E-state index contributed by atoms with van der Waals surface area (Å²) in [6, 6.07) is 0. The maximum Gasteiger partial charge on any atom is 0.216 e. The fourth-order valence-corrected chi connectivity index (χ4v) is 4.16. The van der Waals surface area contributed by atoms with Gasteiger partial charge in [0, 0.05) is 19.7 Å². The van der Waals surface area contributed by atoms with Crippen LogP contribution in [0.1, 0.15) is 32.6 Å². The smallest absolute Gasteiger partial charge is 0.216 e. The topological polar surface area (TPSA) is 67.4 Å². The average Bonchev–Trinajstić information content (AvgIpc) is 2.39. The van der Waals surface area contributed by atoms with Gasteiger partial charge in [0.1, 0.15) is 0 Å². The summed E-state index contributed by atoms with van der Waals surface area (Å²) in [5.74, 6) is 0. The molecule has 7 heteroatoms. The number of nitrogens with one attached hydrogen (secondary N) is 2. The highest BCUT2D eigenvalue weighted by Gasteiger charge is 2.32. The Hall–Kier alpha value is 0.120. The van der Waals surface area contributed by atoms with Crippen LogP contribution in [0.15, 0.2) is 0 Å². The molecule has 0 aliphatic carbocycles. The van der Waals surface area contributed by atoms with Crippen molar-refractivity contribution < 1.29 is 13.2 Å². The molecule has 0 saturated carbocycles. The van der Waals surface area contributed by atoms with Gasteiger partial charge in [-0.2, -0.15) is 0 Å². The standard InChI is InChI=1S/C12H24N2O3S.ClH/c1-12(5-3-6-13-9-12)10-14-18(15,16)11-4-2-7-17-8-11;/h11,13-14H,2-10H2,1H3;1H. The first-order valence-corrected chi connectivity index (χ1v) is 8.33. The van der Waals surface area contributed by atoms with Crippen LogP contribution in [0.5, 0.6) is 0 Å². The van der Waals surface area contributed by atoms with E-state index in [0.29, 0.717) is 26.2 Å². The van der Waals surface area contributed by atoms with E-state index in [1.54, 1.807) is 0 Å². The summed E-state index contributed by atoms with van der Waals surface area (Å²) < 4.78 is 32.4. The van der Waals surface area contributed by atoms with E-state index < -0.39 is 10.0 Å². The molecule has 2 fully saturated rings. The van der Waals surface area contributed by atoms with Gasteiger partial charge in [-0.1, -0.05) is 6.92 Å². The van der Waals surface area contributed by atoms with Gasteiger partial charge in [0.15, 0.2) is 0 Å². The van der Waals surface area contributed by atoms with Crippen molar-refractivity contribution in [3.8, 4) is 0 Å². The predicted octanol–water partition coefficient (Wildman–Crippen LogP) is 0.896. The molecule has 2 saturated heterocycles. The third-order valence-electron chi connectivity index (χ3n) is 3.94. The largest absolute Gasteiger partial charge is 0.380 e. The molecule has 5 nitrogen and oxygen atoms in total. The van der Waals surface area contributed by atoms with E-state index in [-0.39, 0.29) is 23.1 Å². The van der Waals surface area contributed by atoms with E-state index in [0.717, 1.165) is 32.4 Å². The normalized spacial score (nSPS) is 32.6. The minimum atomic E-state index is -3.22.